The maximum atomic E-state index is 9.20. The first-order valence-electron chi connectivity index (χ1n) is 28.9. The summed E-state index contributed by atoms with van der Waals surface area (Å²) in [6.07, 6.45) is 24.6. The standard InChI is InChI=1S/C60H41B2N8O.Pt/c1-65-54-27-8-6-25-51(54)64-60(65)70-53-26-7-5-20-45(53)46-31-30-44(40-57(46)70)71-58-39-43(38-52(63-58)42-18-3-2-4-19-42)68-41-69(56-29-10-9-28-55(56)68)59-47(49-23-16-36-66-34-13-11-32-61(49)66)21-15-22-48(59)50-24-17-37-67-35-14-12-33-62(50)67;/h2-38,41H,1H3;/q-3;/i1D3,2D,3D,4D,5D,7D,18D,19D,20D,26D;. The maximum Gasteiger partial charge on any atom is 0.320 e. The third kappa shape index (κ3) is 7.14. The average Bonchev–Trinajstić information content (AvgIpc) is 2.77. The van der Waals surface area contributed by atoms with E-state index in [2.05, 4.69) is 69.0 Å². The molecule has 0 fully saturated rings. The van der Waals surface area contributed by atoms with Gasteiger partial charge in [-0.25, -0.2) is 4.98 Å². The van der Waals surface area contributed by atoms with Gasteiger partial charge in [0.05, 0.1) is 23.4 Å². The van der Waals surface area contributed by atoms with Gasteiger partial charge in [-0.05, 0) is 118 Å². The molecule has 0 aliphatic carbocycles. The second-order valence-corrected chi connectivity index (χ2v) is 17.1. The van der Waals surface area contributed by atoms with Gasteiger partial charge in [-0.2, -0.15) is 23.9 Å². The van der Waals surface area contributed by atoms with Gasteiger partial charge in [0, 0.05) is 60.5 Å². The van der Waals surface area contributed by atoms with Crippen LogP contribution in [-0.4, -0.2) is 42.4 Å². The van der Waals surface area contributed by atoms with Gasteiger partial charge in [-0.1, -0.05) is 133 Å². The zero-order valence-corrected chi connectivity index (χ0v) is 40.0. The first-order valence-corrected chi connectivity index (χ1v) is 22.9. The zero-order valence-electron chi connectivity index (χ0n) is 49.7. The van der Waals surface area contributed by atoms with Gasteiger partial charge in [0.2, 0.25) is 5.95 Å². The van der Waals surface area contributed by atoms with Crippen LogP contribution in [0.3, 0.4) is 0 Å². The predicted octanol–water partition coefficient (Wildman–Crippen LogP) is 13.3. The van der Waals surface area contributed by atoms with Gasteiger partial charge in [-0.15, -0.1) is 24.2 Å². The smallest absolute Gasteiger partial charge is 0.320 e. The van der Waals surface area contributed by atoms with E-state index in [0.29, 0.717) is 16.9 Å². The number of anilines is 4. The van der Waals surface area contributed by atoms with Crippen LogP contribution in [-0.2, 0) is 28.0 Å². The largest absolute Gasteiger partial charge is 0.503 e. The molecule has 6 aromatic carbocycles. The maximum absolute atomic E-state index is 9.20. The monoisotopic (exact) mass is 1120 g/mol. The minimum absolute atomic E-state index is 0. The van der Waals surface area contributed by atoms with Crippen molar-refractivity contribution in [1.82, 2.24) is 28.7 Å². The van der Waals surface area contributed by atoms with E-state index >= 15 is 0 Å². The van der Waals surface area contributed by atoms with Crippen LogP contribution in [0.2, 0.25) is 0 Å². The number of nitrogens with zero attached hydrogens (tertiary/aromatic N) is 8. The van der Waals surface area contributed by atoms with E-state index in [4.69, 9.17) is 29.8 Å². The number of para-hydroxylation sites is 6. The molecule has 9 aromatic rings. The van der Waals surface area contributed by atoms with E-state index in [1.807, 2.05) is 97.1 Å². The molecule has 14 rings (SSSR count). The second-order valence-electron chi connectivity index (χ2n) is 17.1. The number of hydrogen-bond donors (Lipinski definition) is 0. The molecule has 9 nitrogen and oxygen atoms in total. The van der Waals surface area contributed by atoms with Gasteiger partial charge in [-0.3, -0.25) is 4.98 Å². The van der Waals surface area contributed by atoms with Crippen molar-refractivity contribution in [3.05, 3.63) is 255 Å². The van der Waals surface area contributed by atoms with Crippen molar-refractivity contribution in [2.24, 2.45) is 6.98 Å². The van der Waals surface area contributed by atoms with Crippen LogP contribution >= 0.6 is 0 Å². The molecule has 0 atom stereocenters. The second kappa shape index (κ2) is 17.7. The summed E-state index contributed by atoms with van der Waals surface area (Å²) in [6.45, 7) is -1.13. The number of pyridine rings is 1. The first-order chi connectivity index (χ1) is 40.1. The molecule has 0 spiro atoms. The SMILES string of the molecule is [2H]c1c([2H])c([2H])c(-c2cc(N3[CH-]N(c4c(C5=CC=CN6C=CC=CB56)cccc4C4=CC=CN5C=CC=CB45)c4ccccc43)[c-]c(Oc3[c-]c4c(cc3)c3c([2H])c([2H])c([2H])c([2H])c3n4-c3nc4ccccc4n3C([2H])([2H])[2H])n2)c([2H])c1[2H].[Pt]. The molecule has 3 aromatic heterocycles. The van der Waals surface area contributed by atoms with Gasteiger partial charge in [0.15, 0.2) is 0 Å². The average molecular weight is 1120 g/mol. The molecular formula is C60H41B2N8OPt-3. The van der Waals surface area contributed by atoms with Crippen LogP contribution < -0.4 is 14.5 Å². The molecule has 5 aliphatic rings. The molecule has 0 radical (unpaired) electrons. The number of rotatable bonds is 8. The molecule has 5 aliphatic heterocycles. The van der Waals surface area contributed by atoms with E-state index in [1.165, 1.54) is 10.6 Å². The Balaban J connectivity index is 0.00000658. The number of aromatic nitrogens is 4. The van der Waals surface area contributed by atoms with Gasteiger partial charge in [0.25, 0.3) is 0 Å². The molecule has 0 saturated carbocycles. The Bertz CT molecular complexity index is 4480. The third-order valence-electron chi connectivity index (χ3n) is 13.2. The molecule has 0 bridgehead atoms. The van der Waals surface area contributed by atoms with Gasteiger partial charge < -0.3 is 33.3 Å². The van der Waals surface area contributed by atoms with E-state index in [-0.39, 0.29) is 97.0 Å². The number of allylic oxidation sites excluding steroid dienone is 8. The summed E-state index contributed by atoms with van der Waals surface area (Å²) in [5, 5.41) is 0.372. The summed E-state index contributed by atoms with van der Waals surface area (Å²) in [4.78, 5) is 17.9. The van der Waals surface area contributed by atoms with Crippen LogP contribution in [0, 0.1) is 18.8 Å². The van der Waals surface area contributed by atoms with Crippen molar-refractivity contribution in [3.63, 3.8) is 0 Å². The van der Waals surface area contributed by atoms with Gasteiger partial charge >= 0.3 is 13.7 Å². The van der Waals surface area contributed by atoms with Crippen molar-refractivity contribution in [2.75, 3.05) is 9.80 Å². The number of fused-ring (bicyclic) bond motifs is 7. The van der Waals surface area contributed by atoms with E-state index < -0.39 is 55.3 Å². The zero-order chi connectivity index (χ0) is 57.3. The third-order valence-corrected chi connectivity index (χ3v) is 13.2. The van der Waals surface area contributed by atoms with E-state index in [9.17, 15) is 1.37 Å². The molecule has 0 saturated heterocycles. The summed E-state index contributed by atoms with van der Waals surface area (Å²) in [5.41, 5.74) is 7.04. The fraction of sp³-hybridized carbons (Fsp3) is 0.0167. The van der Waals surface area contributed by atoms with Crippen LogP contribution in [0.1, 0.15) is 27.6 Å². The Morgan fingerprint density at radius 1 is 0.639 bits per heavy atom. The Morgan fingerprint density at radius 2 is 1.32 bits per heavy atom. The number of hydrogen-bond acceptors (Lipinski definition) is 7. The predicted molar refractivity (Wildman–Crippen MR) is 290 cm³/mol. The topological polar surface area (TPSA) is 57.8 Å². The summed E-state index contributed by atoms with van der Waals surface area (Å²) in [5.74, 6) is 3.90. The van der Waals surface area contributed by atoms with E-state index in [0.717, 1.165) is 38.0 Å². The van der Waals surface area contributed by atoms with Crippen LogP contribution in [0.25, 0.3) is 61.0 Å². The van der Waals surface area contributed by atoms with Crippen LogP contribution in [0.4, 0.5) is 22.7 Å². The first kappa shape index (κ1) is 32.4. The normalized spacial score (nSPS) is 17.9. The van der Waals surface area contributed by atoms with Crippen molar-refractivity contribution < 1.29 is 42.3 Å². The summed E-state index contributed by atoms with van der Waals surface area (Å²) < 4.78 is 115. The molecule has 0 unspecified atom stereocenters. The summed E-state index contributed by atoms with van der Waals surface area (Å²) in [6, 6.07) is 27.4. The van der Waals surface area contributed by atoms with Crippen LogP contribution in [0.5, 0.6) is 11.6 Å². The van der Waals surface area contributed by atoms with Crippen molar-refractivity contribution in [2.45, 2.75) is 0 Å². The molecule has 8 heterocycles. The Labute approximate surface area is 449 Å². The molecule has 346 valence electrons. The minimum atomic E-state index is -2.82. The Hall–Kier alpha value is -8.52. The Kier molecular flexibility index (Phi) is 7.96. The Morgan fingerprint density at radius 3 is 2.07 bits per heavy atom. The van der Waals surface area contributed by atoms with E-state index in [1.54, 1.807) is 36.4 Å². The van der Waals surface area contributed by atoms with Crippen molar-refractivity contribution >= 4 is 80.2 Å². The number of benzene rings is 6. The van der Waals surface area contributed by atoms with Crippen molar-refractivity contribution in [1.29, 1.82) is 0 Å². The molecular weight excluding hydrogens is 1070 g/mol. The molecule has 12 heteroatoms. The van der Waals surface area contributed by atoms with Crippen LogP contribution in [0.15, 0.2) is 225 Å². The molecule has 0 amide bonds. The fourth-order valence-electron chi connectivity index (χ4n) is 10.1. The molecule has 0 N–H and O–H groups in total. The minimum Gasteiger partial charge on any atom is -0.503 e. The number of ether oxygens (including phenoxy) is 1. The fourth-order valence-corrected chi connectivity index (χ4v) is 10.1. The van der Waals surface area contributed by atoms with Crippen molar-refractivity contribution in [3.8, 4) is 28.8 Å². The van der Waals surface area contributed by atoms with Gasteiger partial charge in [0.1, 0.15) is 5.88 Å². The number of aryl methyl sites for hydroxylation is 1. The number of imidazole rings is 1. The molecule has 72 heavy (non-hydrogen) atoms. The quantitative estimate of drug-likeness (QED) is 0.111. The summed E-state index contributed by atoms with van der Waals surface area (Å²) in [7, 11) is 0. The summed E-state index contributed by atoms with van der Waals surface area (Å²) >= 11 is 0.